The lowest BCUT2D eigenvalue weighted by molar-refractivity contribution is -0.0111. The molecule has 0 radical (unpaired) electrons. The lowest BCUT2D eigenvalue weighted by Gasteiger charge is -2.44. The number of hydrogen-bond donors (Lipinski definition) is 0. The van der Waals surface area contributed by atoms with E-state index in [-0.39, 0.29) is 11.1 Å². The largest absolute Gasteiger partial charge is 0.470 e. The van der Waals surface area contributed by atoms with Gasteiger partial charge in [-0.3, -0.25) is 4.90 Å². The number of nitrogens with zero attached hydrogens (tertiary/aromatic N) is 2. The average molecular weight is 246 g/mol. The fraction of sp³-hybridized carbons (Fsp3) is 0.667. The van der Waals surface area contributed by atoms with E-state index in [0.717, 1.165) is 38.2 Å². The van der Waals surface area contributed by atoms with E-state index in [9.17, 15) is 0 Å². The molecule has 0 aliphatic carbocycles. The number of likely N-dealkylation sites (tertiary alicyclic amines) is 1. The van der Waals surface area contributed by atoms with Gasteiger partial charge in [0, 0.05) is 49.7 Å². The van der Waals surface area contributed by atoms with E-state index in [1.807, 2.05) is 12.3 Å². The molecular formula is C15H22N2O. The lowest BCUT2D eigenvalue weighted by Crippen LogP contribution is -2.53. The molecule has 0 atom stereocenters. The summed E-state index contributed by atoms with van der Waals surface area (Å²) in [5.74, 6) is 0.863. The maximum absolute atomic E-state index is 6.16. The third kappa shape index (κ3) is 2.01. The highest BCUT2D eigenvalue weighted by molar-refractivity contribution is 5.33. The van der Waals surface area contributed by atoms with Crippen molar-refractivity contribution >= 4 is 0 Å². The lowest BCUT2D eigenvalue weighted by atomic mass is 9.85. The van der Waals surface area contributed by atoms with Gasteiger partial charge in [0.25, 0.3) is 0 Å². The van der Waals surface area contributed by atoms with Crippen LogP contribution in [0.4, 0.5) is 0 Å². The molecule has 2 aliphatic heterocycles. The Labute approximate surface area is 109 Å². The van der Waals surface area contributed by atoms with Crippen molar-refractivity contribution in [2.45, 2.75) is 51.2 Å². The van der Waals surface area contributed by atoms with E-state index < -0.39 is 0 Å². The Morgan fingerprint density at radius 2 is 2.00 bits per heavy atom. The molecule has 0 amide bonds. The zero-order valence-electron chi connectivity index (χ0n) is 11.6. The smallest absolute Gasteiger partial charge is 0.217 e. The number of aromatic nitrogens is 1. The van der Waals surface area contributed by atoms with Gasteiger partial charge in [-0.15, -0.1) is 0 Å². The Bertz CT molecular complexity index is 415. The van der Waals surface area contributed by atoms with Crippen LogP contribution in [0, 0.1) is 0 Å². The number of pyridine rings is 1. The standard InChI is InChI=1S/C15H22N2O/c1-14(2,3)17-9-6-15(7-10-17)11-12-5-4-8-16-13(12)18-15/h4-5,8H,6-7,9-11H2,1-3H3. The van der Waals surface area contributed by atoms with Crippen molar-refractivity contribution in [1.82, 2.24) is 9.88 Å². The normalized spacial score (nSPS) is 22.8. The fourth-order valence-corrected chi connectivity index (χ4v) is 3.10. The molecule has 3 heterocycles. The van der Waals surface area contributed by atoms with Gasteiger partial charge in [-0.1, -0.05) is 6.07 Å². The topological polar surface area (TPSA) is 25.4 Å². The first-order chi connectivity index (χ1) is 8.49. The predicted octanol–water partition coefficient (Wildman–Crippen LogP) is 2.65. The Balaban J connectivity index is 1.71. The highest BCUT2D eigenvalue weighted by atomic mass is 16.5. The van der Waals surface area contributed by atoms with Gasteiger partial charge in [0.05, 0.1) is 0 Å². The maximum Gasteiger partial charge on any atom is 0.217 e. The first kappa shape index (κ1) is 12.0. The molecule has 1 aromatic heterocycles. The van der Waals surface area contributed by atoms with Gasteiger partial charge in [-0.25, -0.2) is 4.98 Å². The van der Waals surface area contributed by atoms with Gasteiger partial charge in [0.1, 0.15) is 5.60 Å². The van der Waals surface area contributed by atoms with Crippen LogP contribution in [0.15, 0.2) is 18.3 Å². The Morgan fingerprint density at radius 3 is 2.61 bits per heavy atom. The molecule has 3 nitrogen and oxygen atoms in total. The third-order valence-corrected chi connectivity index (χ3v) is 4.30. The Hall–Kier alpha value is -1.09. The van der Waals surface area contributed by atoms with Gasteiger partial charge in [-0.05, 0) is 26.8 Å². The van der Waals surface area contributed by atoms with Gasteiger partial charge in [0.15, 0.2) is 0 Å². The van der Waals surface area contributed by atoms with Crippen LogP contribution in [0.1, 0.15) is 39.2 Å². The molecule has 0 unspecified atom stereocenters. The first-order valence-corrected chi connectivity index (χ1v) is 6.87. The molecule has 2 aliphatic rings. The van der Waals surface area contributed by atoms with Crippen LogP contribution in [0.5, 0.6) is 5.88 Å². The van der Waals surface area contributed by atoms with E-state index in [0.29, 0.717) is 0 Å². The second kappa shape index (κ2) is 3.95. The molecule has 3 rings (SSSR count). The summed E-state index contributed by atoms with van der Waals surface area (Å²) in [6.07, 6.45) is 5.08. The molecule has 98 valence electrons. The Kier molecular flexibility index (Phi) is 2.63. The van der Waals surface area contributed by atoms with Gasteiger partial charge >= 0.3 is 0 Å². The van der Waals surface area contributed by atoms with E-state index in [2.05, 4.69) is 36.7 Å². The summed E-state index contributed by atoms with van der Waals surface area (Å²) >= 11 is 0. The molecule has 0 saturated carbocycles. The molecule has 1 spiro atoms. The van der Waals surface area contributed by atoms with Gasteiger partial charge in [-0.2, -0.15) is 0 Å². The summed E-state index contributed by atoms with van der Waals surface area (Å²) in [7, 11) is 0. The highest BCUT2D eigenvalue weighted by Crippen LogP contribution is 2.40. The molecule has 0 N–H and O–H groups in total. The predicted molar refractivity (Wildman–Crippen MR) is 71.9 cm³/mol. The van der Waals surface area contributed by atoms with Crippen molar-refractivity contribution in [3.05, 3.63) is 23.9 Å². The summed E-state index contributed by atoms with van der Waals surface area (Å²) < 4.78 is 6.16. The summed E-state index contributed by atoms with van der Waals surface area (Å²) in [5, 5.41) is 0. The van der Waals surface area contributed by atoms with Crippen LogP contribution in [-0.2, 0) is 6.42 Å². The summed E-state index contributed by atoms with van der Waals surface area (Å²) in [6.45, 7) is 9.11. The van der Waals surface area contributed by atoms with Crippen LogP contribution in [0.2, 0.25) is 0 Å². The molecule has 3 heteroatoms. The average Bonchev–Trinajstić information content (AvgIpc) is 2.65. The minimum atomic E-state index is 0.0262. The van der Waals surface area contributed by atoms with E-state index >= 15 is 0 Å². The zero-order chi connectivity index (χ0) is 12.8. The van der Waals surface area contributed by atoms with E-state index in [1.165, 1.54) is 5.56 Å². The number of piperidine rings is 1. The van der Waals surface area contributed by atoms with Crippen molar-refractivity contribution in [3.63, 3.8) is 0 Å². The summed E-state index contributed by atoms with van der Waals surface area (Å²) in [4.78, 5) is 6.89. The van der Waals surface area contributed by atoms with Crippen molar-refractivity contribution < 1.29 is 4.74 Å². The van der Waals surface area contributed by atoms with Crippen molar-refractivity contribution in [2.75, 3.05) is 13.1 Å². The second-order valence-electron chi connectivity index (χ2n) is 6.59. The van der Waals surface area contributed by atoms with Crippen LogP contribution in [-0.4, -0.2) is 34.1 Å². The van der Waals surface area contributed by atoms with Gasteiger partial charge < -0.3 is 4.74 Å². The fourth-order valence-electron chi connectivity index (χ4n) is 3.10. The van der Waals surface area contributed by atoms with Crippen LogP contribution < -0.4 is 4.74 Å². The van der Waals surface area contributed by atoms with E-state index in [1.54, 1.807) is 0 Å². The van der Waals surface area contributed by atoms with E-state index in [4.69, 9.17) is 4.74 Å². The van der Waals surface area contributed by atoms with Crippen molar-refractivity contribution in [1.29, 1.82) is 0 Å². The third-order valence-electron chi connectivity index (χ3n) is 4.30. The quantitative estimate of drug-likeness (QED) is 0.703. The van der Waals surface area contributed by atoms with Crippen LogP contribution in [0.3, 0.4) is 0 Å². The first-order valence-electron chi connectivity index (χ1n) is 6.87. The van der Waals surface area contributed by atoms with Crippen molar-refractivity contribution in [3.8, 4) is 5.88 Å². The number of hydrogen-bond acceptors (Lipinski definition) is 3. The number of rotatable bonds is 0. The molecule has 1 saturated heterocycles. The Morgan fingerprint density at radius 1 is 1.28 bits per heavy atom. The number of fused-ring (bicyclic) bond motifs is 1. The minimum absolute atomic E-state index is 0.0262. The van der Waals surface area contributed by atoms with Crippen LogP contribution in [0.25, 0.3) is 0 Å². The second-order valence-corrected chi connectivity index (χ2v) is 6.59. The van der Waals surface area contributed by atoms with Crippen molar-refractivity contribution in [2.24, 2.45) is 0 Å². The molecule has 0 aromatic carbocycles. The SMILES string of the molecule is CC(C)(C)N1CCC2(CC1)Cc1cccnc1O2. The monoisotopic (exact) mass is 246 g/mol. The molecule has 1 aromatic rings. The molecular weight excluding hydrogens is 224 g/mol. The molecule has 0 bridgehead atoms. The minimum Gasteiger partial charge on any atom is -0.470 e. The summed E-state index contributed by atoms with van der Waals surface area (Å²) in [5.41, 5.74) is 1.57. The summed E-state index contributed by atoms with van der Waals surface area (Å²) in [6, 6.07) is 4.15. The zero-order valence-corrected chi connectivity index (χ0v) is 11.6. The molecule has 1 fully saturated rings. The number of ether oxygens (including phenoxy) is 1. The maximum atomic E-state index is 6.16. The van der Waals surface area contributed by atoms with Crippen LogP contribution >= 0.6 is 0 Å². The highest BCUT2D eigenvalue weighted by Gasteiger charge is 2.43. The molecule has 18 heavy (non-hydrogen) atoms. The van der Waals surface area contributed by atoms with Gasteiger partial charge in [0.2, 0.25) is 5.88 Å².